The van der Waals surface area contributed by atoms with Gasteiger partial charge >= 0.3 is 0 Å². The third-order valence-electron chi connectivity index (χ3n) is 4.10. The molecule has 1 aromatic heterocycles. The minimum absolute atomic E-state index is 0.110. The number of hydrogen-bond donors (Lipinski definition) is 1. The van der Waals surface area contributed by atoms with Gasteiger partial charge in [-0.2, -0.15) is 9.97 Å². The van der Waals surface area contributed by atoms with Crippen LogP contribution in [0.15, 0.2) is 48.5 Å². The zero-order chi connectivity index (χ0) is 22.5. The van der Waals surface area contributed by atoms with E-state index < -0.39 is 27.1 Å². The Morgan fingerprint density at radius 1 is 0.903 bits per heavy atom. The van der Waals surface area contributed by atoms with Gasteiger partial charge in [-0.3, -0.25) is 30.3 Å². The number of ether oxygens (including phenoxy) is 2. The first-order chi connectivity index (χ1) is 14.8. The minimum atomic E-state index is -0.886. The van der Waals surface area contributed by atoms with Crippen LogP contribution in [0.2, 0.25) is 0 Å². The molecule has 158 valence electrons. The Labute approximate surface area is 174 Å². The third-order valence-corrected chi connectivity index (χ3v) is 4.10. The molecule has 0 fully saturated rings. The maximum Gasteiger partial charge on any atom is 0.277 e. The van der Waals surface area contributed by atoms with Gasteiger partial charge in [0.05, 0.1) is 35.7 Å². The fourth-order valence-corrected chi connectivity index (χ4v) is 2.73. The van der Waals surface area contributed by atoms with Crippen molar-refractivity contribution in [1.82, 2.24) is 9.97 Å². The van der Waals surface area contributed by atoms with E-state index in [1.807, 2.05) is 6.07 Å². The Hall–Kier alpha value is -4.61. The van der Waals surface area contributed by atoms with E-state index in [-0.39, 0.29) is 23.3 Å². The largest absolute Gasteiger partial charge is 0.480 e. The van der Waals surface area contributed by atoms with Crippen LogP contribution in [0.3, 0.4) is 0 Å². The van der Waals surface area contributed by atoms with E-state index in [4.69, 9.17) is 9.47 Å². The summed E-state index contributed by atoms with van der Waals surface area (Å²) in [5, 5.41) is 24.4. The number of aromatic nitrogens is 2. The Morgan fingerprint density at radius 2 is 1.42 bits per heavy atom. The topological polar surface area (TPSA) is 160 Å². The van der Waals surface area contributed by atoms with Gasteiger partial charge in [-0.15, -0.1) is 0 Å². The minimum Gasteiger partial charge on any atom is -0.480 e. The van der Waals surface area contributed by atoms with E-state index in [1.54, 1.807) is 24.3 Å². The maximum absolute atomic E-state index is 12.6. The monoisotopic (exact) mass is 425 g/mol. The van der Waals surface area contributed by atoms with Crippen LogP contribution in [0.5, 0.6) is 11.8 Å². The molecule has 12 nitrogen and oxygen atoms in total. The molecule has 0 unspecified atom stereocenters. The highest BCUT2D eigenvalue weighted by atomic mass is 16.6. The molecule has 31 heavy (non-hydrogen) atoms. The number of nitrogens with zero attached hydrogens (tertiary/aromatic N) is 4. The van der Waals surface area contributed by atoms with Crippen molar-refractivity contribution in [3.63, 3.8) is 0 Å². The molecular formula is C19H15N5O7. The van der Waals surface area contributed by atoms with Crippen molar-refractivity contribution in [2.45, 2.75) is 0 Å². The van der Waals surface area contributed by atoms with Crippen LogP contribution in [-0.2, 0) is 0 Å². The van der Waals surface area contributed by atoms with E-state index in [2.05, 4.69) is 15.3 Å². The average molecular weight is 425 g/mol. The molecular weight excluding hydrogens is 410 g/mol. The van der Waals surface area contributed by atoms with Crippen molar-refractivity contribution < 1.29 is 24.1 Å². The van der Waals surface area contributed by atoms with Gasteiger partial charge < -0.3 is 9.47 Å². The van der Waals surface area contributed by atoms with Crippen molar-refractivity contribution >= 4 is 23.2 Å². The van der Waals surface area contributed by atoms with Crippen molar-refractivity contribution in [1.29, 1.82) is 0 Å². The van der Waals surface area contributed by atoms with Gasteiger partial charge in [-0.05, 0) is 5.56 Å². The zero-order valence-corrected chi connectivity index (χ0v) is 16.3. The molecule has 1 N–H and O–H groups in total. The lowest BCUT2D eigenvalue weighted by atomic mass is 10.1. The van der Waals surface area contributed by atoms with Crippen molar-refractivity contribution in [3.8, 4) is 22.9 Å². The van der Waals surface area contributed by atoms with Crippen LogP contribution in [0.4, 0.5) is 17.3 Å². The van der Waals surface area contributed by atoms with Gasteiger partial charge in [0.2, 0.25) is 17.7 Å². The Balaban J connectivity index is 2.01. The standard InChI is InChI=1S/C19H15N5O7/c1-30-17-15(11-6-4-3-5-7-11)18(31-2)22-19(21-17)20-16(25)12-8-13(23(26)27)10-14(9-12)24(28)29/h3-10H,1-2H3,(H,20,21,22,25). The third kappa shape index (κ3) is 4.53. The summed E-state index contributed by atoms with van der Waals surface area (Å²) < 4.78 is 10.6. The molecule has 2 aromatic carbocycles. The first-order valence-corrected chi connectivity index (χ1v) is 8.64. The molecule has 0 saturated carbocycles. The number of nitrogens with one attached hydrogen (secondary N) is 1. The van der Waals surface area contributed by atoms with Crippen molar-refractivity contribution in [2.75, 3.05) is 19.5 Å². The van der Waals surface area contributed by atoms with Crippen LogP contribution < -0.4 is 14.8 Å². The normalized spacial score (nSPS) is 10.3. The molecule has 0 aliphatic rings. The summed E-state index contributed by atoms with van der Waals surface area (Å²) in [5.41, 5.74) is -0.350. The first-order valence-electron chi connectivity index (χ1n) is 8.64. The summed E-state index contributed by atoms with van der Waals surface area (Å²) in [6.45, 7) is 0. The second kappa shape index (κ2) is 8.82. The second-order valence-corrected chi connectivity index (χ2v) is 6.01. The van der Waals surface area contributed by atoms with Gasteiger partial charge in [-0.1, -0.05) is 30.3 Å². The smallest absolute Gasteiger partial charge is 0.277 e. The van der Waals surface area contributed by atoms with Crippen molar-refractivity contribution in [3.05, 3.63) is 74.3 Å². The van der Waals surface area contributed by atoms with Crippen molar-refractivity contribution in [2.24, 2.45) is 0 Å². The lowest BCUT2D eigenvalue weighted by Crippen LogP contribution is -2.16. The molecule has 0 bridgehead atoms. The Bertz CT molecular complexity index is 1110. The van der Waals surface area contributed by atoms with Gasteiger partial charge in [0, 0.05) is 12.1 Å². The predicted octanol–water partition coefficient (Wildman–Crippen LogP) is 3.23. The number of nitro groups is 2. The number of benzene rings is 2. The number of nitro benzene ring substituents is 2. The molecule has 0 aliphatic heterocycles. The van der Waals surface area contributed by atoms with E-state index in [0.29, 0.717) is 11.1 Å². The lowest BCUT2D eigenvalue weighted by molar-refractivity contribution is -0.394. The van der Waals surface area contributed by atoms with Gasteiger partial charge in [-0.25, -0.2) is 0 Å². The summed E-state index contributed by atoms with van der Waals surface area (Å²) in [6.07, 6.45) is 0. The van der Waals surface area contributed by atoms with Gasteiger partial charge in [0.1, 0.15) is 5.56 Å². The Kier molecular flexibility index (Phi) is 6.00. The van der Waals surface area contributed by atoms with Crippen LogP contribution in [0, 0.1) is 20.2 Å². The quantitative estimate of drug-likeness (QED) is 0.443. The van der Waals surface area contributed by atoms with E-state index in [0.717, 1.165) is 18.2 Å². The molecule has 12 heteroatoms. The Morgan fingerprint density at radius 3 is 1.87 bits per heavy atom. The SMILES string of the molecule is COc1nc(NC(=O)c2cc([N+](=O)[O-])cc([N+](=O)[O-])c2)nc(OC)c1-c1ccccc1. The van der Waals surface area contributed by atoms with E-state index >= 15 is 0 Å². The number of carbonyl (C=O) groups excluding carboxylic acids is 1. The maximum atomic E-state index is 12.6. The summed E-state index contributed by atoms with van der Waals surface area (Å²) in [4.78, 5) is 41.3. The molecule has 3 aromatic rings. The molecule has 0 radical (unpaired) electrons. The number of methoxy groups -OCH3 is 2. The lowest BCUT2D eigenvalue weighted by Gasteiger charge is -2.13. The molecule has 0 saturated heterocycles. The molecule has 1 heterocycles. The summed E-state index contributed by atoms with van der Waals surface area (Å²) in [5.74, 6) is -0.882. The highest BCUT2D eigenvalue weighted by Crippen LogP contribution is 2.36. The van der Waals surface area contributed by atoms with Gasteiger partial charge in [0.15, 0.2) is 0 Å². The second-order valence-electron chi connectivity index (χ2n) is 6.01. The number of amides is 1. The number of non-ortho nitro benzene ring substituents is 2. The van der Waals surface area contributed by atoms with E-state index in [9.17, 15) is 25.0 Å². The van der Waals surface area contributed by atoms with Crippen LogP contribution in [-0.4, -0.2) is 39.9 Å². The number of rotatable bonds is 7. The fourth-order valence-electron chi connectivity index (χ4n) is 2.73. The van der Waals surface area contributed by atoms with E-state index in [1.165, 1.54) is 14.2 Å². The summed E-state index contributed by atoms with van der Waals surface area (Å²) >= 11 is 0. The molecule has 1 amide bonds. The number of hydrogen-bond acceptors (Lipinski definition) is 9. The number of anilines is 1. The molecule has 0 atom stereocenters. The van der Waals surface area contributed by atoms with Gasteiger partial charge in [0.25, 0.3) is 17.3 Å². The first kappa shape index (κ1) is 21.1. The molecule has 3 rings (SSSR count). The highest BCUT2D eigenvalue weighted by Gasteiger charge is 2.22. The van der Waals surface area contributed by atoms with Crippen LogP contribution in [0.1, 0.15) is 10.4 Å². The predicted molar refractivity (Wildman–Crippen MR) is 108 cm³/mol. The fraction of sp³-hybridized carbons (Fsp3) is 0.105. The van der Waals surface area contributed by atoms with Crippen LogP contribution >= 0.6 is 0 Å². The summed E-state index contributed by atoms with van der Waals surface area (Å²) in [6, 6.07) is 11.6. The molecule has 0 spiro atoms. The number of carbonyl (C=O) groups is 1. The van der Waals surface area contributed by atoms with Crippen LogP contribution in [0.25, 0.3) is 11.1 Å². The molecule has 0 aliphatic carbocycles. The average Bonchev–Trinajstić information content (AvgIpc) is 2.78. The highest BCUT2D eigenvalue weighted by molar-refractivity contribution is 6.04. The summed E-state index contributed by atoms with van der Waals surface area (Å²) in [7, 11) is 2.76. The zero-order valence-electron chi connectivity index (χ0n) is 16.3.